The molecule has 8 nitrogen and oxygen atoms in total. The summed E-state index contributed by atoms with van der Waals surface area (Å²) in [6.07, 6.45) is 5.14. The average Bonchev–Trinajstić information content (AvgIpc) is 2.93. The highest BCUT2D eigenvalue weighted by Crippen LogP contribution is 2.25. The van der Waals surface area contributed by atoms with Gasteiger partial charge in [-0.3, -0.25) is 9.59 Å². The lowest BCUT2D eigenvalue weighted by molar-refractivity contribution is -0.145. The molecular formula is C27H36N2O6S2. The Kier molecular flexibility index (Phi) is 11.3. The summed E-state index contributed by atoms with van der Waals surface area (Å²) in [6.45, 7) is -0.464. The van der Waals surface area contributed by atoms with Crippen LogP contribution in [0, 0.1) is 0 Å². The van der Waals surface area contributed by atoms with Crippen molar-refractivity contribution in [1.29, 1.82) is 0 Å². The second-order valence-corrected chi connectivity index (χ2v) is 12.0. The van der Waals surface area contributed by atoms with Crippen molar-refractivity contribution in [2.45, 2.75) is 61.3 Å². The Labute approximate surface area is 224 Å². The number of rotatable bonds is 13. The molecule has 0 saturated heterocycles. The summed E-state index contributed by atoms with van der Waals surface area (Å²) < 4.78 is 38.7. The van der Waals surface area contributed by atoms with Crippen LogP contribution in [-0.4, -0.2) is 63.2 Å². The number of methoxy groups -OCH3 is 2. The van der Waals surface area contributed by atoms with Gasteiger partial charge >= 0.3 is 5.97 Å². The Hall–Kier alpha value is -2.56. The standard InChI is InChI=1S/C27H36N2O6S2/c1-34-23-13-15-24(16-14-23)37(32,33)29(19-26(30)28-22-11-7-4-8-12-22)25(27(31)35-2)17-18-36-20-21-9-5-3-6-10-21/h3,5-6,9-10,13-16,22,25H,4,7-8,11-12,17-20H2,1-2H3,(H,28,30). The molecule has 1 aliphatic rings. The lowest BCUT2D eigenvalue weighted by atomic mass is 9.95. The number of esters is 1. The predicted molar refractivity (Wildman–Crippen MR) is 145 cm³/mol. The van der Waals surface area contributed by atoms with Gasteiger partial charge in [-0.25, -0.2) is 8.42 Å². The van der Waals surface area contributed by atoms with Crippen LogP contribution in [0.15, 0.2) is 59.5 Å². The lowest BCUT2D eigenvalue weighted by Crippen LogP contribution is -2.51. The Bertz CT molecular complexity index is 1100. The van der Waals surface area contributed by atoms with Crippen molar-refractivity contribution >= 4 is 33.7 Å². The summed E-state index contributed by atoms with van der Waals surface area (Å²) in [5.41, 5.74) is 1.14. The summed E-state index contributed by atoms with van der Waals surface area (Å²) in [4.78, 5) is 25.9. The molecule has 3 rings (SSSR count). The molecule has 202 valence electrons. The van der Waals surface area contributed by atoms with Crippen LogP contribution in [0.3, 0.4) is 0 Å². The van der Waals surface area contributed by atoms with E-state index in [2.05, 4.69) is 5.32 Å². The van der Waals surface area contributed by atoms with Gasteiger partial charge in [0.2, 0.25) is 15.9 Å². The summed E-state index contributed by atoms with van der Waals surface area (Å²) in [5, 5.41) is 2.97. The molecule has 0 bridgehead atoms. The van der Waals surface area contributed by atoms with Crippen molar-refractivity contribution in [1.82, 2.24) is 9.62 Å². The van der Waals surface area contributed by atoms with Gasteiger partial charge in [-0.2, -0.15) is 16.1 Å². The van der Waals surface area contributed by atoms with Gasteiger partial charge in [0.15, 0.2) is 0 Å². The fourth-order valence-corrected chi connectivity index (χ4v) is 6.91. The summed E-state index contributed by atoms with van der Waals surface area (Å²) in [5.74, 6) is 0.621. The van der Waals surface area contributed by atoms with Crippen LogP contribution in [0.5, 0.6) is 5.75 Å². The van der Waals surface area contributed by atoms with Gasteiger partial charge in [0, 0.05) is 11.8 Å². The van der Waals surface area contributed by atoms with Crippen LogP contribution in [0.1, 0.15) is 44.1 Å². The Balaban J connectivity index is 1.81. The molecule has 10 heteroatoms. The minimum atomic E-state index is -4.20. The zero-order chi connectivity index (χ0) is 26.7. The van der Waals surface area contributed by atoms with Crippen LogP contribution < -0.4 is 10.1 Å². The molecule has 1 N–H and O–H groups in total. The second-order valence-electron chi connectivity index (χ2n) is 8.99. The average molecular weight is 549 g/mol. The summed E-state index contributed by atoms with van der Waals surface area (Å²) in [7, 11) is -1.48. The molecule has 1 aliphatic carbocycles. The molecule has 1 fully saturated rings. The molecule has 0 spiro atoms. The molecule has 0 radical (unpaired) electrons. The van der Waals surface area contributed by atoms with Crippen LogP contribution in [0.4, 0.5) is 0 Å². The Morgan fingerprint density at radius 2 is 1.70 bits per heavy atom. The van der Waals surface area contributed by atoms with Crippen molar-refractivity contribution in [3.8, 4) is 5.75 Å². The molecule has 2 aromatic carbocycles. The maximum absolute atomic E-state index is 13.8. The van der Waals surface area contributed by atoms with Gasteiger partial charge in [0.25, 0.3) is 0 Å². The monoisotopic (exact) mass is 548 g/mol. The first kappa shape index (κ1) is 29.0. The van der Waals surface area contributed by atoms with Crippen LogP contribution >= 0.6 is 11.8 Å². The molecule has 0 aromatic heterocycles. The molecule has 1 amide bonds. The van der Waals surface area contributed by atoms with Gasteiger partial charge in [0.1, 0.15) is 11.8 Å². The zero-order valence-corrected chi connectivity index (χ0v) is 23.1. The third-order valence-electron chi connectivity index (χ3n) is 6.40. The number of hydrogen-bond donors (Lipinski definition) is 1. The first-order valence-electron chi connectivity index (χ1n) is 12.5. The van der Waals surface area contributed by atoms with Crippen LogP contribution in [0.2, 0.25) is 0 Å². The van der Waals surface area contributed by atoms with Gasteiger partial charge in [0.05, 0.1) is 25.7 Å². The number of nitrogens with one attached hydrogen (secondary N) is 1. The van der Waals surface area contributed by atoms with E-state index in [0.717, 1.165) is 47.7 Å². The van der Waals surface area contributed by atoms with Crippen molar-refractivity contribution in [3.05, 3.63) is 60.2 Å². The molecule has 1 saturated carbocycles. The van der Waals surface area contributed by atoms with E-state index in [1.54, 1.807) is 11.8 Å². The van der Waals surface area contributed by atoms with E-state index in [1.165, 1.54) is 38.5 Å². The largest absolute Gasteiger partial charge is 0.497 e. The maximum Gasteiger partial charge on any atom is 0.324 e. The fourth-order valence-electron chi connectivity index (χ4n) is 4.38. The van der Waals surface area contributed by atoms with Crippen molar-refractivity contribution in [3.63, 3.8) is 0 Å². The third-order valence-corrected chi connectivity index (χ3v) is 9.33. The zero-order valence-electron chi connectivity index (χ0n) is 21.4. The van der Waals surface area contributed by atoms with E-state index in [4.69, 9.17) is 9.47 Å². The molecular weight excluding hydrogens is 512 g/mol. The van der Waals surface area contributed by atoms with E-state index in [1.807, 2.05) is 30.3 Å². The maximum atomic E-state index is 13.8. The van der Waals surface area contributed by atoms with Crippen molar-refractivity contribution in [2.24, 2.45) is 0 Å². The lowest BCUT2D eigenvalue weighted by Gasteiger charge is -2.30. The number of nitrogens with zero attached hydrogens (tertiary/aromatic N) is 1. The molecule has 2 aromatic rings. The fraction of sp³-hybridized carbons (Fsp3) is 0.481. The van der Waals surface area contributed by atoms with Crippen LogP contribution in [0.25, 0.3) is 0 Å². The van der Waals surface area contributed by atoms with Crippen molar-refractivity contribution in [2.75, 3.05) is 26.5 Å². The highest BCUT2D eigenvalue weighted by molar-refractivity contribution is 7.98. The summed E-state index contributed by atoms with van der Waals surface area (Å²) >= 11 is 1.59. The Morgan fingerprint density at radius 3 is 2.32 bits per heavy atom. The minimum absolute atomic E-state index is 0.0183. The van der Waals surface area contributed by atoms with Gasteiger partial charge < -0.3 is 14.8 Å². The number of benzene rings is 2. The number of amides is 1. The second kappa shape index (κ2) is 14.4. The van der Waals surface area contributed by atoms with Gasteiger partial charge in [-0.15, -0.1) is 0 Å². The number of carbonyl (C=O) groups is 2. The first-order valence-corrected chi connectivity index (χ1v) is 15.1. The minimum Gasteiger partial charge on any atom is -0.497 e. The number of hydrogen-bond acceptors (Lipinski definition) is 7. The molecule has 1 atom stereocenters. The molecule has 1 unspecified atom stereocenters. The number of sulfonamides is 1. The number of thioether (sulfide) groups is 1. The quantitative estimate of drug-likeness (QED) is 0.298. The SMILES string of the molecule is COC(=O)C(CCSCc1ccccc1)N(CC(=O)NC1CCCCC1)S(=O)(=O)c1ccc(OC)cc1. The van der Waals surface area contributed by atoms with Crippen LogP contribution in [-0.2, 0) is 30.1 Å². The molecule has 0 heterocycles. The number of carbonyl (C=O) groups excluding carboxylic acids is 2. The topological polar surface area (TPSA) is 102 Å². The smallest absolute Gasteiger partial charge is 0.324 e. The van der Waals surface area contributed by atoms with E-state index >= 15 is 0 Å². The van der Waals surface area contributed by atoms with Crippen molar-refractivity contribution < 1.29 is 27.5 Å². The number of ether oxygens (including phenoxy) is 2. The van der Waals surface area contributed by atoms with Gasteiger partial charge in [-0.05, 0) is 54.8 Å². The predicted octanol–water partition coefficient (Wildman–Crippen LogP) is 4.00. The first-order chi connectivity index (χ1) is 17.8. The molecule has 0 aliphatic heterocycles. The van der Waals surface area contributed by atoms with E-state index in [0.29, 0.717) is 11.5 Å². The Morgan fingerprint density at radius 1 is 1.03 bits per heavy atom. The highest BCUT2D eigenvalue weighted by Gasteiger charge is 2.38. The normalized spacial score (nSPS) is 15.2. The van der Waals surface area contributed by atoms with E-state index < -0.39 is 34.5 Å². The van der Waals surface area contributed by atoms with E-state index in [9.17, 15) is 18.0 Å². The molecule has 37 heavy (non-hydrogen) atoms. The third kappa shape index (κ3) is 8.48. The van der Waals surface area contributed by atoms with Gasteiger partial charge in [-0.1, -0.05) is 49.6 Å². The summed E-state index contributed by atoms with van der Waals surface area (Å²) in [6, 6.07) is 14.7. The highest BCUT2D eigenvalue weighted by atomic mass is 32.2. The van der Waals surface area contributed by atoms with E-state index in [-0.39, 0.29) is 17.4 Å².